The summed E-state index contributed by atoms with van der Waals surface area (Å²) in [6.07, 6.45) is 0. The Morgan fingerprint density at radius 3 is 2.45 bits per heavy atom. The summed E-state index contributed by atoms with van der Waals surface area (Å²) in [7, 11) is 0. The topological polar surface area (TPSA) is 59.0 Å². The summed E-state index contributed by atoms with van der Waals surface area (Å²) in [5, 5.41) is 11.0. The van der Waals surface area contributed by atoms with Gasteiger partial charge in [-0.05, 0) is 41.3 Å². The SMILES string of the molecule is N#C/C(=C(/N)c1ccc(OC(F)F)cc1)c1cccs1. The van der Waals surface area contributed by atoms with Gasteiger partial charge in [-0.2, -0.15) is 14.0 Å². The fraction of sp³-hybridized carbons (Fsp3) is 0.0714. The molecule has 20 heavy (non-hydrogen) atoms. The Morgan fingerprint density at radius 1 is 1.25 bits per heavy atom. The molecule has 102 valence electrons. The zero-order valence-electron chi connectivity index (χ0n) is 10.2. The van der Waals surface area contributed by atoms with E-state index in [-0.39, 0.29) is 5.75 Å². The molecule has 0 unspecified atom stereocenters. The Balaban J connectivity index is 2.33. The predicted octanol–water partition coefficient (Wildman–Crippen LogP) is 3.70. The summed E-state index contributed by atoms with van der Waals surface area (Å²) in [5.74, 6) is 0.0474. The highest BCUT2D eigenvalue weighted by molar-refractivity contribution is 7.11. The van der Waals surface area contributed by atoms with E-state index in [1.54, 1.807) is 6.07 Å². The average molecular weight is 292 g/mol. The van der Waals surface area contributed by atoms with Gasteiger partial charge in [0.15, 0.2) is 0 Å². The number of thiophene rings is 1. The number of hydrogen-bond acceptors (Lipinski definition) is 4. The summed E-state index contributed by atoms with van der Waals surface area (Å²) in [5.41, 5.74) is 7.21. The summed E-state index contributed by atoms with van der Waals surface area (Å²) in [6, 6.07) is 11.5. The third-order valence-electron chi connectivity index (χ3n) is 2.54. The van der Waals surface area contributed by atoms with E-state index in [4.69, 9.17) is 5.73 Å². The van der Waals surface area contributed by atoms with Crippen LogP contribution in [0.1, 0.15) is 10.4 Å². The highest BCUT2D eigenvalue weighted by Gasteiger charge is 2.10. The molecule has 1 heterocycles. The van der Waals surface area contributed by atoms with Crippen LogP contribution in [-0.4, -0.2) is 6.61 Å². The van der Waals surface area contributed by atoms with Crippen LogP contribution >= 0.6 is 11.3 Å². The quantitative estimate of drug-likeness (QED) is 0.874. The van der Waals surface area contributed by atoms with Gasteiger partial charge in [0.2, 0.25) is 0 Å². The van der Waals surface area contributed by atoms with Crippen LogP contribution in [0.5, 0.6) is 5.75 Å². The molecule has 0 atom stereocenters. The number of rotatable bonds is 4. The van der Waals surface area contributed by atoms with E-state index in [1.165, 1.54) is 35.6 Å². The van der Waals surface area contributed by atoms with Crippen molar-refractivity contribution in [3.63, 3.8) is 0 Å². The van der Waals surface area contributed by atoms with Gasteiger partial charge in [-0.3, -0.25) is 0 Å². The Kier molecular flexibility index (Phi) is 4.33. The first-order valence-electron chi connectivity index (χ1n) is 5.61. The lowest BCUT2D eigenvalue weighted by Crippen LogP contribution is -2.03. The first kappa shape index (κ1) is 14.0. The van der Waals surface area contributed by atoms with Gasteiger partial charge in [-0.25, -0.2) is 0 Å². The van der Waals surface area contributed by atoms with E-state index in [2.05, 4.69) is 10.8 Å². The van der Waals surface area contributed by atoms with Crippen molar-refractivity contribution in [1.82, 2.24) is 0 Å². The molecular formula is C14H10F2N2OS. The number of hydrogen-bond donors (Lipinski definition) is 1. The van der Waals surface area contributed by atoms with Crippen LogP contribution in [0.2, 0.25) is 0 Å². The molecule has 0 fully saturated rings. The summed E-state index contributed by atoms with van der Waals surface area (Å²) >= 11 is 1.41. The van der Waals surface area contributed by atoms with Crippen LogP contribution in [0.15, 0.2) is 41.8 Å². The number of allylic oxidation sites excluding steroid dienone is 1. The Morgan fingerprint density at radius 2 is 1.95 bits per heavy atom. The van der Waals surface area contributed by atoms with Gasteiger partial charge in [0, 0.05) is 4.88 Å². The Bertz CT molecular complexity index is 643. The molecule has 3 nitrogen and oxygen atoms in total. The van der Waals surface area contributed by atoms with Crippen LogP contribution in [-0.2, 0) is 0 Å². The molecule has 0 amide bonds. The van der Waals surface area contributed by atoms with Crippen molar-refractivity contribution in [2.75, 3.05) is 0 Å². The minimum atomic E-state index is -2.87. The maximum absolute atomic E-state index is 12.1. The van der Waals surface area contributed by atoms with Crippen molar-refractivity contribution in [1.29, 1.82) is 5.26 Å². The minimum absolute atomic E-state index is 0.0474. The molecule has 1 aromatic carbocycles. The third kappa shape index (κ3) is 3.13. The molecule has 0 bridgehead atoms. The summed E-state index contributed by atoms with van der Waals surface area (Å²) in [4.78, 5) is 0.762. The molecule has 2 rings (SSSR count). The van der Waals surface area contributed by atoms with Crippen molar-refractivity contribution in [3.8, 4) is 11.8 Å². The number of nitriles is 1. The zero-order chi connectivity index (χ0) is 14.5. The molecule has 1 aromatic heterocycles. The molecule has 0 aliphatic heterocycles. The third-order valence-corrected chi connectivity index (χ3v) is 3.43. The van der Waals surface area contributed by atoms with Gasteiger partial charge in [-0.1, -0.05) is 6.07 Å². The van der Waals surface area contributed by atoms with E-state index in [0.29, 0.717) is 16.8 Å². The van der Waals surface area contributed by atoms with Gasteiger partial charge in [0.05, 0.1) is 11.3 Å². The molecule has 0 radical (unpaired) electrons. The maximum atomic E-state index is 12.1. The zero-order valence-corrected chi connectivity index (χ0v) is 11.0. The Hall–Kier alpha value is -2.39. The molecule has 6 heteroatoms. The molecular weight excluding hydrogens is 282 g/mol. The van der Waals surface area contributed by atoms with Crippen molar-refractivity contribution in [2.24, 2.45) is 5.73 Å². The average Bonchev–Trinajstić information content (AvgIpc) is 2.93. The predicted molar refractivity (Wildman–Crippen MR) is 74.0 cm³/mol. The van der Waals surface area contributed by atoms with Crippen molar-refractivity contribution in [2.45, 2.75) is 6.61 Å². The fourth-order valence-electron chi connectivity index (χ4n) is 1.63. The standard InChI is InChI=1S/C14H10F2N2OS/c15-14(16)19-10-5-3-9(4-6-10)13(18)11(8-17)12-2-1-7-20-12/h1-7,14H,18H2/b13-11-. The van der Waals surface area contributed by atoms with E-state index in [9.17, 15) is 14.0 Å². The highest BCUT2D eigenvalue weighted by atomic mass is 32.1. The second-order valence-corrected chi connectivity index (χ2v) is 4.73. The number of ether oxygens (including phenoxy) is 1. The fourth-order valence-corrected chi connectivity index (χ4v) is 2.36. The van der Waals surface area contributed by atoms with E-state index in [1.807, 2.05) is 11.4 Å². The molecule has 2 N–H and O–H groups in total. The van der Waals surface area contributed by atoms with Crippen LogP contribution in [0.3, 0.4) is 0 Å². The van der Waals surface area contributed by atoms with Gasteiger partial charge in [-0.15, -0.1) is 11.3 Å². The summed E-state index contributed by atoms with van der Waals surface area (Å²) < 4.78 is 28.4. The van der Waals surface area contributed by atoms with Crippen molar-refractivity contribution in [3.05, 3.63) is 52.2 Å². The molecule has 0 aliphatic rings. The van der Waals surface area contributed by atoms with Crippen LogP contribution in [0.25, 0.3) is 11.3 Å². The monoisotopic (exact) mass is 292 g/mol. The van der Waals surface area contributed by atoms with E-state index in [0.717, 1.165) is 4.88 Å². The van der Waals surface area contributed by atoms with Crippen LogP contribution < -0.4 is 10.5 Å². The first-order valence-corrected chi connectivity index (χ1v) is 6.48. The lowest BCUT2D eigenvalue weighted by atomic mass is 10.1. The smallest absolute Gasteiger partial charge is 0.387 e. The molecule has 0 saturated carbocycles. The van der Waals surface area contributed by atoms with Gasteiger partial charge < -0.3 is 10.5 Å². The maximum Gasteiger partial charge on any atom is 0.387 e. The van der Waals surface area contributed by atoms with Crippen molar-refractivity contribution >= 4 is 22.6 Å². The lowest BCUT2D eigenvalue weighted by Gasteiger charge is -2.07. The molecule has 0 aliphatic carbocycles. The number of benzene rings is 1. The Labute approximate surface area is 118 Å². The molecule has 2 aromatic rings. The number of nitrogens with zero attached hydrogens (tertiary/aromatic N) is 1. The number of halogens is 2. The van der Waals surface area contributed by atoms with Crippen LogP contribution in [0, 0.1) is 11.3 Å². The van der Waals surface area contributed by atoms with Gasteiger partial charge >= 0.3 is 6.61 Å². The number of nitrogens with two attached hydrogens (primary N) is 1. The van der Waals surface area contributed by atoms with Gasteiger partial charge in [0.25, 0.3) is 0 Å². The van der Waals surface area contributed by atoms with Crippen molar-refractivity contribution < 1.29 is 13.5 Å². The van der Waals surface area contributed by atoms with E-state index >= 15 is 0 Å². The van der Waals surface area contributed by atoms with Gasteiger partial charge in [0.1, 0.15) is 11.8 Å². The van der Waals surface area contributed by atoms with Crippen LogP contribution in [0.4, 0.5) is 8.78 Å². The second-order valence-electron chi connectivity index (χ2n) is 3.78. The second kappa shape index (κ2) is 6.17. The molecule has 0 saturated heterocycles. The highest BCUT2D eigenvalue weighted by Crippen LogP contribution is 2.26. The van der Waals surface area contributed by atoms with E-state index < -0.39 is 6.61 Å². The molecule has 0 spiro atoms. The lowest BCUT2D eigenvalue weighted by molar-refractivity contribution is -0.0498. The summed E-state index contributed by atoms with van der Waals surface area (Å²) in [6.45, 7) is -2.87. The normalized spacial score (nSPS) is 11.9. The largest absolute Gasteiger partial charge is 0.435 e. The first-order chi connectivity index (χ1) is 9.61. The number of alkyl halides is 2. The minimum Gasteiger partial charge on any atom is -0.435 e.